The molecule has 0 radical (unpaired) electrons. The monoisotopic (exact) mass is 206 g/mol. The lowest BCUT2D eigenvalue weighted by atomic mass is 10.1. The van der Waals surface area contributed by atoms with Crippen LogP contribution in [0.3, 0.4) is 0 Å². The predicted molar refractivity (Wildman–Crippen MR) is 54.8 cm³/mol. The average molecular weight is 206 g/mol. The molecule has 15 heavy (non-hydrogen) atoms. The maximum Gasteiger partial charge on any atom is 0.139 e. The first-order valence-electron chi connectivity index (χ1n) is 4.67. The van der Waals surface area contributed by atoms with Gasteiger partial charge in [-0.15, -0.1) is 0 Å². The van der Waals surface area contributed by atoms with Gasteiger partial charge in [0.2, 0.25) is 0 Å². The van der Waals surface area contributed by atoms with Gasteiger partial charge in [-0.05, 0) is 25.1 Å². The van der Waals surface area contributed by atoms with Crippen molar-refractivity contribution >= 4 is 0 Å². The van der Waals surface area contributed by atoms with Crippen LogP contribution in [0.25, 0.3) is 11.3 Å². The lowest BCUT2D eigenvalue weighted by Crippen LogP contribution is -1.92. The Hall–Kier alpha value is -1.61. The molecule has 3 heteroatoms. The van der Waals surface area contributed by atoms with Crippen molar-refractivity contribution in [3.8, 4) is 11.3 Å². The second-order valence-electron chi connectivity index (χ2n) is 3.35. The number of halogens is 1. The van der Waals surface area contributed by atoms with Crippen LogP contribution in [-0.2, 0) is 6.61 Å². The standard InChI is InChI=1S/C12H11FO2/c1-8-5-6-11(15-8)10-4-2-3-9(7-14)12(10)13/h2-6,14H,7H2,1H3. The molecule has 78 valence electrons. The van der Waals surface area contributed by atoms with Crippen molar-refractivity contribution in [1.29, 1.82) is 0 Å². The molecule has 0 unspecified atom stereocenters. The fourth-order valence-electron chi connectivity index (χ4n) is 1.47. The van der Waals surface area contributed by atoms with E-state index in [0.29, 0.717) is 11.3 Å². The molecule has 0 saturated heterocycles. The van der Waals surface area contributed by atoms with Gasteiger partial charge in [0, 0.05) is 5.56 Å². The van der Waals surface area contributed by atoms with Crippen LogP contribution in [0.2, 0.25) is 0 Å². The van der Waals surface area contributed by atoms with Crippen molar-refractivity contribution in [3.63, 3.8) is 0 Å². The first-order chi connectivity index (χ1) is 7.22. The number of aryl methyl sites for hydroxylation is 1. The van der Waals surface area contributed by atoms with E-state index in [1.54, 1.807) is 37.3 Å². The van der Waals surface area contributed by atoms with Crippen LogP contribution in [0.5, 0.6) is 0 Å². The molecule has 0 aliphatic rings. The number of furan rings is 1. The Labute approximate surface area is 87.0 Å². The molecule has 0 aliphatic heterocycles. The van der Waals surface area contributed by atoms with Crippen molar-refractivity contribution in [3.05, 3.63) is 47.5 Å². The van der Waals surface area contributed by atoms with Gasteiger partial charge < -0.3 is 9.52 Å². The van der Waals surface area contributed by atoms with Gasteiger partial charge in [0.25, 0.3) is 0 Å². The Morgan fingerprint density at radius 2 is 2.07 bits per heavy atom. The minimum Gasteiger partial charge on any atom is -0.461 e. The van der Waals surface area contributed by atoms with Gasteiger partial charge in [-0.3, -0.25) is 0 Å². The predicted octanol–water partition coefficient (Wildman–Crippen LogP) is 2.89. The molecule has 1 aromatic carbocycles. The van der Waals surface area contributed by atoms with Gasteiger partial charge >= 0.3 is 0 Å². The Morgan fingerprint density at radius 1 is 1.27 bits per heavy atom. The topological polar surface area (TPSA) is 33.4 Å². The molecule has 0 aliphatic carbocycles. The number of hydrogen-bond donors (Lipinski definition) is 1. The summed E-state index contributed by atoms with van der Waals surface area (Å²) >= 11 is 0. The molecule has 0 atom stereocenters. The summed E-state index contributed by atoms with van der Waals surface area (Å²) < 4.78 is 19.1. The van der Waals surface area contributed by atoms with Gasteiger partial charge in [-0.2, -0.15) is 0 Å². The number of aliphatic hydroxyl groups excluding tert-OH is 1. The zero-order chi connectivity index (χ0) is 10.8. The second-order valence-corrected chi connectivity index (χ2v) is 3.35. The quantitative estimate of drug-likeness (QED) is 0.819. The van der Waals surface area contributed by atoms with Gasteiger partial charge in [-0.1, -0.05) is 12.1 Å². The minimum atomic E-state index is -0.422. The highest BCUT2D eigenvalue weighted by atomic mass is 19.1. The van der Waals surface area contributed by atoms with E-state index in [1.165, 1.54) is 0 Å². The number of hydrogen-bond acceptors (Lipinski definition) is 2. The Balaban J connectivity index is 2.53. The van der Waals surface area contributed by atoms with Crippen LogP contribution in [0.15, 0.2) is 34.7 Å². The summed E-state index contributed by atoms with van der Waals surface area (Å²) in [7, 11) is 0. The molecule has 1 aromatic heterocycles. The van der Waals surface area contributed by atoms with E-state index in [0.717, 1.165) is 5.76 Å². The number of aliphatic hydroxyl groups is 1. The van der Waals surface area contributed by atoms with E-state index in [2.05, 4.69) is 0 Å². The Kier molecular flexibility index (Phi) is 2.56. The summed E-state index contributed by atoms with van der Waals surface area (Å²) in [5.74, 6) is 0.799. The normalized spacial score (nSPS) is 10.6. The summed E-state index contributed by atoms with van der Waals surface area (Å²) in [6, 6.07) is 8.37. The second kappa shape index (κ2) is 3.87. The zero-order valence-electron chi connectivity index (χ0n) is 8.33. The van der Waals surface area contributed by atoms with E-state index in [9.17, 15) is 4.39 Å². The third-order valence-electron chi connectivity index (χ3n) is 2.25. The highest BCUT2D eigenvalue weighted by Gasteiger charge is 2.11. The fraction of sp³-hybridized carbons (Fsp3) is 0.167. The largest absolute Gasteiger partial charge is 0.461 e. The lowest BCUT2D eigenvalue weighted by Gasteiger charge is -2.03. The summed E-state index contributed by atoms with van der Waals surface area (Å²) in [6.07, 6.45) is 0. The summed E-state index contributed by atoms with van der Waals surface area (Å²) in [5, 5.41) is 8.92. The summed E-state index contributed by atoms with van der Waals surface area (Å²) in [5.41, 5.74) is 0.663. The third kappa shape index (κ3) is 1.78. The highest BCUT2D eigenvalue weighted by Crippen LogP contribution is 2.26. The van der Waals surface area contributed by atoms with Gasteiger partial charge in [-0.25, -0.2) is 4.39 Å². The maximum absolute atomic E-state index is 13.7. The van der Waals surface area contributed by atoms with Crippen LogP contribution in [0.4, 0.5) is 4.39 Å². The summed E-state index contributed by atoms with van der Waals surface area (Å²) in [4.78, 5) is 0. The van der Waals surface area contributed by atoms with Crippen molar-refractivity contribution < 1.29 is 13.9 Å². The minimum absolute atomic E-state index is 0.279. The molecule has 0 saturated carbocycles. The van der Waals surface area contributed by atoms with Crippen molar-refractivity contribution in [2.24, 2.45) is 0 Å². The molecule has 1 heterocycles. The molecule has 0 spiro atoms. The van der Waals surface area contributed by atoms with Crippen molar-refractivity contribution in [2.75, 3.05) is 0 Å². The van der Waals surface area contributed by atoms with Crippen molar-refractivity contribution in [1.82, 2.24) is 0 Å². The molecular weight excluding hydrogens is 195 g/mol. The molecule has 0 fully saturated rings. The van der Waals surface area contributed by atoms with E-state index in [1.807, 2.05) is 0 Å². The SMILES string of the molecule is Cc1ccc(-c2cccc(CO)c2F)o1. The highest BCUT2D eigenvalue weighted by molar-refractivity contribution is 5.59. The first-order valence-corrected chi connectivity index (χ1v) is 4.67. The lowest BCUT2D eigenvalue weighted by molar-refractivity contribution is 0.276. The van der Waals surface area contributed by atoms with Crippen LogP contribution in [0, 0.1) is 12.7 Å². The number of rotatable bonds is 2. The van der Waals surface area contributed by atoms with Gasteiger partial charge in [0.1, 0.15) is 17.3 Å². The molecule has 2 aromatic rings. The van der Waals surface area contributed by atoms with Crippen LogP contribution in [0.1, 0.15) is 11.3 Å². The third-order valence-corrected chi connectivity index (χ3v) is 2.25. The van der Waals surface area contributed by atoms with Gasteiger partial charge in [0.05, 0.1) is 12.2 Å². The molecule has 0 bridgehead atoms. The molecule has 1 N–H and O–H groups in total. The van der Waals surface area contributed by atoms with Gasteiger partial charge in [0.15, 0.2) is 0 Å². The molecule has 0 amide bonds. The molecule has 2 nitrogen and oxygen atoms in total. The van der Waals surface area contributed by atoms with Crippen molar-refractivity contribution in [2.45, 2.75) is 13.5 Å². The van der Waals surface area contributed by atoms with E-state index >= 15 is 0 Å². The smallest absolute Gasteiger partial charge is 0.139 e. The summed E-state index contributed by atoms with van der Waals surface area (Å²) in [6.45, 7) is 1.50. The zero-order valence-corrected chi connectivity index (χ0v) is 8.33. The van der Waals surface area contributed by atoms with Crippen LogP contribution < -0.4 is 0 Å². The van der Waals surface area contributed by atoms with E-state index in [-0.39, 0.29) is 12.2 Å². The average Bonchev–Trinajstić information content (AvgIpc) is 2.65. The Morgan fingerprint density at radius 3 is 2.67 bits per heavy atom. The fourth-order valence-corrected chi connectivity index (χ4v) is 1.47. The first kappa shape index (κ1) is 9.93. The Bertz CT molecular complexity index is 474. The van der Waals surface area contributed by atoms with E-state index in [4.69, 9.17) is 9.52 Å². The molecule has 2 rings (SSSR count). The van der Waals surface area contributed by atoms with Crippen LogP contribution in [-0.4, -0.2) is 5.11 Å². The van der Waals surface area contributed by atoms with E-state index < -0.39 is 5.82 Å². The molecular formula is C12H11FO2. The van der Waals surface area contributed by atoms with Crippen LogP contribution >= 0.6 is 0 Å². The maximum atomic E-state index is 13.7. The number of benzene rings is 1.